The molecule has 5 rings (SSSR count). The summed E-state index contributed by atoms with van der Waals surface area (Å²) in [5.41, 5.74) is 1.92. The molecule has 1 heterocycles. The summed E-state index contributed by atoms with van der Waals surface area (Å²) in [5.74, 6) is -0.425. The summed E-state index contributed by atoms with van der Waals surface area (Å²) in [7, 11) is 0. The largest absolute Gasteiger partial charge is 0.494 e. The third kappa shape index (κ3) is 11.7. The molecule has 0 saturated heterocycles. The number of rotatable bonds is 19. The molecule has 0 radical (unpaired) electrons. The van der Waals surface area contributed by atoms with Gasteiger partial charge in [0.05, 0.1) is 48.5 Å². The van der Waals surface area contributed by atoms with Crippen molar-refractivity contribution in [3.63, 3.8) is 0 Å². The maximum absolute atomic E-state index is 13.1. The van der Waals surface area contributed by atoms with E-state index in [1.165, 1.54) is 6.07 Å². The van der Waals surface area contributed by atoms with Crippen molar-refractivity contribution in [3.05, 3.63) is 137 Å². The van der Waals surface area contributed by atoms with Crippen molar-refractivity contribution in [1.29, 1.82) is 0 Å². The SMILES string of the molecule is C=CC(=O)OCCCCOc1ccc(C(=O)Oc2ccc(-c3nc4cc(C)c(OC(=O)c5ccc(OCCCCOC(=O)C=C)cc5)cc4c(=O)o3)cc2C)cc1. The van der Waals surface area contributed by atoms with Gasteiger partial charge in [0.2, 0.25) is 5.89 Å². The van der Waals surface area contributed by atoms with Crippen LogP contribution in [0.3, 0.4) is 0 Å². The molecule has 0 spiro atoms. The second kappa shape index (κ2) is 20.1. The number of benzene rings is 4. The van der Waals surface area contributed by atoms with Gasteiger partial charge in [0.25, 0.3) is 0 Å². The van der Waals surface area contributed by atoms with Crippen molar-refractivity contribution in [2.24, 2.45) is 0 Å². The lowest BCUT2D eigenvalue weighted by Gasteiger charge is -2.11. The number of carbonyl (C=O) groups excluding carboxylic acids is 4. The van der Waals surface area contributed by atoms with Crippen LogP contribution in [0.2, 0.25) is 0 Å². The summed E-state index contributed by atoms with van der Waals surface area (Å²) in [4.78, 5) is 65.7. The number of hydrogen-bond donors (Lipinski definition) is 0. The Balaban J connectivity index is 1.15. The molecule has 0 fully saturated rings. The van der Waals surface area contributed by atoms with Crippen molar-refractivity contribution < 1.29 is 52.0 Å². The Labute approximate surface area is 328 Å². The lowest BCUT2D eigenvalue weighted by Crippen LogP contribution is -2.11. The molecule has 1 aromatic heterocycles. The van der Waals surface area contributed by atoms with Crippen molar-refractivity contribution in [3.8, 4) is 34.5 Å². The molecule has 294 valence electrons. The third-order valence-corrected chi connectivity index (χ3v) is 8.37. The second-order valence-electron chi connectivity index (χ2n) is 12.6. The zero-order chi connectivity index (χ0) is 40.7. The van der Waals surface area contributed by atoms with Crippen LogP contribution in [-0.2, 0) is 19.1 Å². The number of nitrogens with zero attached hydrogens (tertiary/aromatic N) is 1. The minimum Gasteiger partial charge on any atom is -0.494 e. The van der Waals surface area contributed by atoms with Crippen LogP contribution in [0, 0.1) is 13.8 Å². The summed E-state index contributed by atoms with van der Waals surface area (Å²) in [5, 5.41) is 0.125. The first-order valence-electron chi connectivity index (χ1n) is 18.1. The number of hydrogen-bond acceptors (Lipinski definition) is 13. The van der Waals surface area contributed by atoms with Gasteiger partial charge < -0.3 is 32.8 Å². The zero-order valence-corrected chi connectivity index (χ0v) is 31.6. The van der Waals surface area contributed by atoms with Crippen LogP contribution in [0.1, 0.15) is 57.5 Å². The highest BCUT2D eigenvalue weighted by Crippen LogP contribution is 2.29. The summed E-state index contributed by atoms with van der Waals surface area (Å²) >= 11 is 0. The van der Waals surface area contributed by atoms with E-state index in [-0.39, 0.29) is 35.8 Å². The fourth-order valence-corrected chi connectivity index (χ4v) is 5.28. The molecular formula is C44H41NO12. The van der Waals surface area contributed by atoms with E-state index >= 15 is 0 Å². The van der Waals surface area contributed by atoms with E-state index in [0.29, 0.717) is 83.9 Å². The highest BCUT2D eigenvalue weighted by Gasteiger charge is 2.17. The van der Waals surface area contributed by atoms with Gasteiger partial charge in [0.15, 0.2) is 0 Å². The maximum atomic E-state index is 13.1. The van der Waals surface area contributed by atoms with Gasteiger partial charge in [-0.25, -0.2) is 29.0 Å². The first-order chi connectivity index (χ1) is 27.5. The van der Waals surface area contributed by atoms with Gasteiger partial charge in [-0.05, 0) is 130 Å². The Kier molecular flexibility index (Phi) is 14.5. The van der Waals surface area contributed by atoms with Crippen molar-refractivity contribution >= 4 is 34.8 Å². The van der Waals surface area contributed by atoms with Gasteiger partial charge in [-0.1, -0.05) is 13.2 Å². The predicted octanol–water partition coefficient (Wildman–Crippen LogP) is 7.69. The highest BCUT2D eigenvalue weighted by molar-refractivity contribution is 5.93. The standard InChI is InChI=1S/C44H41NO12/c1-5-39(46)53-23-9-7-21-51-33-16-11-30(12-17-33)42(48)55-37-20-15-32(25-28(37)3)41-45-36-26-29(4)38(27-35(36)44(50)57-41)56-43(49)31-13-18-34(19-14-31)52-22-8-10-24-54-40(47)6-2/h5-6,11-20,25-27H,1-2,7-10,21-24H2,3-4H3. The van der Waals surface area contributed by atoms with E-state index in [1.807, 2.05) is 0 Å². The van der Waals surface area contributed by atoms with Crippen LogP contribution >= 0.6 is 0 Å². The van der Waals surface area contributed by atoms with Gasteiger partial charge in [-0.15, -0.1) is 0 Å². The quantitative estimate of drug-likeness (QED) is 0.0347. The van der Waals surface area contributed by atoms with Crippen LogP contribution in [0.25, 0.3) is 22.4 Å². The molecule has 5 aromatic rings. The average molecular weight is 776 g/mol. The Morgan fingerprint density at radius 2 is 1.12 bits per heavy atom. The van der Waals surface area contributed by atoms with E-state index in [2.05, 4.69) is 18.1 Å². The first kappa shape index (κ1) is 41.1. The fourth-order valence-electron chi connectivity index (χ4n) is 5.28. The smallest absolute Gasteiger partial charge is 0.347 e. The van der Waals surface area contributed by atoms with Crippen LogP contribution in [0.5, 0.6) is 23.0 Å². The Bertz CT molecular complexity index is 2310. The van der Waals surface area contributed by atoms with E-state index < -0.39 is 29.5 Å². The molecule has 0 aliphatic rings. The number of unbranched alkanes of at least 4 members (excludes halogenated alkanes) is 2. The van der Waals surface area contributed by atoms with Gasteiger partial charge in [-0.2, -0.15) is 0 Å². The first-order valence-corrected chi connectivity index (χ1v) is 18.1. The number of aryl methyl sites for hydroxylation is 2. The van der Waals surface area contributed by atoms with Crippen molar-refractivity contribution in [1.82, 2.24) is 4.98 Å². The van der Waals surface area contributed by atoms with E-state index in [9.17, 15) is 24.0 Å². The van der Waals surface area contributed by atoms with Crippen molar-refractivity contribution in [2.45, 2.75) is 39.5 Å². The minimum absolute atomic E-state index is 0.0597. The normalized spacial score (nSPS) is 10.6. The average Bonchev–Trinajstić information content (AvgIpc) is 3.21. The molecule has 0 amide bonds. The molecular weight excluding hydrogens is 734 g/mol. The molecule has 57 heavy (non-hydrogen) atoms. The maximum Gasteiger partial charge on any atom is 0.347 e. The zero-order valence-electron chi connectivity index (χ0n) is 31.6. The van der Waals surface area contributed by atoms with Gasteiger partial charge >= 0.3 is 29.5 Å². The lowest BCUT2D eigenvalue weighted by molar-refractivity contribution is -0.138. The number of fused-ring (bicyclic) bond motifs is 1. The van der Waals surface area contributed by atoms with Crippen LogP contribution < -0.4 is 24.6 Å². The summed E-state index contributed by atoms with van der Waals surface area (Å²) in [6, 6.07) is 21.0. The molecule has 0 unspecified atom stereocenters. The second-order valence-corrected chi connectivity index (χ2v) is 12.6. The highest BCUT2D eigenvalue weighted by atomic mass is 16.5. The molecule has 0 aliphatic carbocycles. The number of aromatic nitrogens is 1. The Morgan fingerprint density at radius 3 is 1.63 bits per heavy atom. The lowest BCUT2D eigenvalue weighted by atomic mass is 10.1. The minimum atomic E-state index is -0.678. The number of esters is 4. The van der Waals surface area contributed by atoms with E-state index in [0.717, 1.165) is 12.2 Å². The summed E-state index contributed by atoms with van der Waals surface area (Å²) in [6.45, 7) is 11.6. The van der Waals surface area contributed by atoms with Gasteiger partial charge in [0.1, 0.15) is 23.0 Å². The molecule has 0 bridgehead atoms. The molecule has 4 aromatic carbocycles. The summed E-state index contributed by atoms with van der Waals surface area (Å²) < 4.78 is 38.1. The van der Waals surface area contributed by atoms with Gasteiger partial charge in [0, 0.05) is 17.7 Å². The summed E-state index contributed by atoms with van der Waals surface area (Å²) in [6.07, 6.45) is 4.85. The molecule has 13 heteroatoms. The third-order valence-electron chi connectivity index (χ3n) is 8.37. The monoisotopic (exact) mass is 775 g/mol. The molecule has 0 N–H and O–H groups in total. The molecule has 0 saturated carbocycles. The number of ether oxygens (including phenoxy) is 6. The van der Waals surface area contributed by atoms with Crippen LogP contribution in [-0.4, -0.2) is 55.3 Å². The topological polar surface area (TPSA) is 167 Å². The number of carbonyl (C=O) groups is 4. The Hall–Kier alpha value is -7.02. The van der Waals surface area contributed by atoms with E-state index in [1.54, 1.807) is 86.6 Å². The van der Waals surface area contributed by atoms with Crippen molar-refractivity contribution in [2.75, 3.05) is 26.4 Å². The fraction of sp³-hybridized carbons (Fsp3) is 0.227. The molecule has 13 nitrogen and oxygen atoms in total. The van der Waals surface area contributed by atoms with E-state index in [4.69, 9.17) is 32.8 Å². The molecule has 0 aliphatic heterocycles. The van der Waals surface area contributed by atoms with Crippen LogP contribution in [0.15, 0.2) is 113 Å². The predicted molar refractivity (Wildman–Crippen MR) is 210 cm³/mol. The van der Waals surface area contributed by atoms with Crippen LogP contribution in [0.4, 0.5) is 0 Å². The Morgan fingerprint density at radius 1 is 0.632 bits per heavy atom. The molecule has 0 atom stereocenters. The van der Waals surface area contributed by atoms with Gasteiger partial charge in [-0.3, -0.25) is 0 Å².